The van der Waals surface area contributed by atoms with E-state index in [4.69, 9.17) is 5.73 Å². The topological polar surface area (TPSA) is 29.3 Å². The SMILES string of the molecule is Nc1cccc2c1CCN(Cc1cc(Br)c(Br)s1)C2. The minimum Gasteiger partial charge on any atom is -0.398 e. The highest BCUT2D eigenvalue weighted by molar-refractivity contribution is 9.13. The van der Waals surface area contributed by atoms with Crippen molar-refractivity contribution in [1.82, 2.24) is 4.90 Å². The molecule has 2 N–H and O–H groups in total. The molecular formula is C14H14Br2N2S. The van der Waals surface area contributed by atoms with Crippen molar-refractivity contribution < 1.29 is 0 Å². The standard InChI is InChI=1S/C14H14Br2N2S/c15-12-6-10(19-14(12)16)8-18-5-4-11-9(7-18)2-1-3-13(11)17/h1-3,6H,4-5,7-8,17H2. The van der Waals surface area contributed by atoms with E-state index in [1.54, 1.807) is 11.3 Å². The van der Waals surface area contributed by atoms with Crippen LogP contribution in [0.3, 0.4) is 0 Å². The maximum Gasteiger partial charge on any atom is 0.0843 e. The van der Waals surface area contributed by atoms with E-state index < -0.39 is 0 Å². The van der Waals surface area contributed by atoms with Crippen LogP contribution in [0, 0.1) is 0 Å². The molecule has 0 amide bonds. The van der Waals surface area contributed by atoms with E-state index in [9.17, 15) is 0 Å². The zero-order valence-corrected chi connectivity index (χ0v) is 14.3. The summed E-state index contributed by atoms with van der Waals surface area (Å²) in [4.78, 5) is 3.86. The number of nitrogen functional groups attached to an aromatic ring is 1. The van der Waals surface area contributed by atoms with Crippen molar-refractivity contribution in [3.8, 4) is 0 Å². The van der Waals surface area contributed by atoms with E-state index in [1.165, 1.54) is 19.8 Å². The molecule has 1 aromatic carbocycles. The second kappa shape index (κ2) is 5.56. The summed E-state index contributed by atoms with van der Waals surface area (Å²) in [7, 11) is 0. The summed E-state index contributed by atoms with van der Waals surface area (Å²) in [5, 5.41) is 0. The Hall–Kier alpha value is -0.360. The molecule has 0 bridgehead atoms. The number of fused-ring (bicyclic) bond motifs is 1. The van der Waals surface area contributed by atoms with Gasteiger partial charge in [0.2, 0.25) is 0 Å². The van der Waals surface area contributed by atoms with Gasteiger partial charge in [0.05, 0.1) is 3.79 Å². The predicted octanol–water partition coefficient (Wildman–Crippen LogP) is 4.41. The Balaban J connectivity index is 1.75. The molecule has 1 aliphatic rings. The summed E-state index contributed by atoms with van der Waals surface area (Å²) < 4.78 is 2.32. The molecule has 1 aromatic heterocycles. The van der Waals surface area contributed by atoms with Crippen molar-refractivity contribution in [2.45, 2.75) is 19.5 Å². The third-order valence-electron chi connectivity index (χ3n) is 3.46. The van der Waals surface area contributed by atoms with E-state index in [1.807, 2.05) is 6.07 Å². The van der Waals surface area contributed by atoms with E-state index in [0.29, 0.717) is 0 Å². The van der Waals surface area contributed by atoms with Gasteiger partial charge in [-0.25, -0.2) is 0 Å². The summed E-state index contributed by atoms with van der Waals surface area (Å²) in [6, 6.07) is 8.44. The van der Waals surface area contributed by atoms with Gasteiger partial charge in [-0.2, -0.15) is 0 Å². The van der Waals surface area contributed by atoms with Crippen LogP contribution in [-0.2, 0) is 19.5 Å². The van der Waals surface area contributed by atoms with Crippen LogP contribution in [0.25, 0.3) is 0 Å². The van der Waals surface area contributed by atoms with Gasteiger partial charge in [-0.3, -0.25) is 4.90 Å². The maximum absolute atomic E-state index is 6.03. The van der Waals surface area contributed by atoms with Gasteiger partial charge < -0.3 is 5.73 Å². The van der Waals surface area contributed by atoms with Crippen LogP contribution in [0.15, 0.2) is 32.5 Å². The highest BCUT2D eigenvalue weighted by Crippen LogP contribution is 2.34. The van der Waals surface area contributed by atoms with Gasteiger partial charge in [-0.1, -0.05) is 12.1 Å². The summed E-state index contributed by atoms with van der Waals surface area (Å²) >= 11 is 8.89. The van der Waals surface area contributed by atoms with Crippen molar-refractivity contribution >= 4 is 48.9 Å². The molecule has 0 aliphatic carbocycles. The molecule has 0 unspecified atom stereocenters. The first kappa shape index (κ1) is 13.6. The molecule has 0 radical (unpaired) electrons. The Kier molecular flexibility index (Phi) is 3.98. The fourth-order valence-corrected chi connectivity index (χ4v) is 4.74. The third kappa shape index (κ3) is 2.89. The van der Waals surface area contributed by atoms with Gasteiger partial charge in [0.1, 0.15) is 0 Å². The van der Waals surface area contributed by atoms with Gasteiger partial charge in [0.25, 0.3) is 0 Å². The van der Waals surface area contributed by atoms with Gasteiger partial charge in [0, 0.05) is 34.7 Å². The van der Waals surface area contributed by atoms with Gasteiger partial charge in [0.15, 0.2) is 0 Å². The third-order valence-corrected chi connectivity index (χ3v) is 6.70. The lowest BCUT2D eigenvalue weighted by atomic mass is 9.98. The Morgan fingerprint density at radius 3 is 2.89 bits per heavy atom. The smallest absolute Gasteiger partial charge is 0.0843 e. The van der Waals surface area contributed by atoms with Gasteiger partial charge in [-0.05, 0) is 61.5 Å². The number of nitrogens with zero attached hydrogens (tertiary/aromatic N) is 1. The number of benzene rings is 1. The fourth-order valence-electron chi connectivity index (χ4n) is 2.52. The lowest BCUT2D eigenvalue weighted by molar-refractivity contribution is 0.248. The van der Waals surface area contributed by atoms with Crippen LogP contribution >= 0.6 is 43.2 Å². The van der Waals surface area contributed by atoms with Crippen molar-refractivity contribution in [2.24, 2.45) is 0 Å². The predicted molar refractivity (Wildman–Crippen MR) is 88.4 cm³/mol. The molecular weight excluding hydrogens is 388 g/mol. The minimum absolute atomic E-state index is 0.943. The van der Waals surface area contributed by atoms with Crippen LogP contribution in [0.4, 0.5) is 5.69 Å². The summed E-state index contributed by atoms with van der Waals surface area (Å²) in [5.41, 5.74) is 9.69. The van der Waals surface area contributed by atoms with Crippen LogP contribution in [0.5, 0.6) is 0 Å². The number of nitrogens with two attached hydrogens (primary N) is 1. The monoisotopic (exact) mass is 400 g/mol. The zero-order valence-electron chi connectivity index (χ0n) is 10.3. The Labute approximate surface area is 133 Å². The van der Waals surface area contributed by atoms with Crippen molar-refractivity contribution in [3.05, 3.63) is 48.5 Å². The van der Waals surface area contributed by atoms with E-state index in [2.05, 4.69) is 55.0 Å². The second-order valence-corrected chi connectivity index (χ2v) is 8.09. The Bertz CT molecular complexity index is 590. The largest absolute Gasteiger partial charge is 0.398 e. The van der Waals surface area contributed by atoms with Gasteiger partial charge in [-0.15, -0.1) is 11.3 Å². The first-order valence-corrected chi connectivity index (χ1v) is 8.56. The molecule has 100 valence electrons. The van der Waals surface area contributed by atoms with Crippen molar-refractivity contribution in [2.75, 3.05) is 12.3 Å². The lowest BCUT2D eigenvalue weighted by Crippen LogP contribution is -2.30. The van der Waals surface area contributed by atoms with Crippen LogP contribution in [-0.4, -0.2) is 11.4 Å². The van der Waals surface area contributed by atoms with E-state index in [0.717, 1.165) is 36.2 Å². The average Bonchev–Trinajstić information content (AvgIpc) is 2.68. The quantitative estimate of drug-likeness (QED) is 0.755. The molecule has 0 fully saturated rings. The van der Waals surface area contributed by atoms with Crippen LogP contribution in [0.2, 0.25) is 0 Å². The summed E-state index contributed by atoms with van der Waals surface area (Å²) in [5.74, 6) is 0. The number of thiophene rings is 1. The Morgan fingerprint density at radius 1 is 1.32 bits per heavy atom. The first-order valence-electron chi connectivity index (χ1n) is 6.16. The molecule has 3 rings (SSSR count). The molecule has 0 spiro atoms. The normalized spacial score (nSPS) is 15.5. The minimum atomic E-state index is 0.943. The molecule has 1 aliphatic heterocycles. The molecule has 0 atom stereocenters. The molecule has 0 saturated carbocycles. The average molecular weight is 402 g/mol. The summed E-state index contributed by atoms with van der Waals surface area (Å²) in [6.45, 7) is 3.07. The molecule has 2 heterocycles. The van der Waals surface area contributed by atoms with Crippen molar-refractivity contribution in [1.29, 1.82) is 0 Å². The highest BCUT2D eigenvalue weighted by Gasteiger charge is 2.18. The number of halogens is 2. The number of hydrogen-bond acceptors (Lipinski definition) is 3. The Morgan fingerprint density at radius 2 is 2.16 bits per heavy atom. The molecule has 0 saturated heterocycles. The lowest BCUT2D eigenvalue weighted by Gasteiger charge is -2.29. The molecule has 2 aromatic rings. The molecule has 19 heavy (non-hydrogen) atoms. The number of rotatable bonds is 2. The molecule has 5 heteroatoms. The van der Waals surface area contributed by atoms with E-state index >= 15 is 0 Å². The highest BCUT2D eigenvalue weighted by atomic mass is 79.9. The molecule has 2 nitrogen and oxygen atoms in total. The maximum atomic E-state index is 6.03. The summed E-state index contributed by atoms with van der Waals surface area (Å²) in [6.07, 6.45) is 1.05. The fraction of sp³-hybridized carbons (Fsp3) is 0.286. The first-order chi connectivity index (χ1) is 9.13. The zero-order chi connectivity index (χ0) is 13.4. The van der Waals surface area contributed by atoms with Crippen molar-refractivity contribution in [3.63, 3.8) is 0 Å². The van der Waals surface area contributed by atoms with E-state index in [-0.39, 0.29) is 0 Å². The van der Waals surface area contributed by atoms with Crippen LogP contribution in [0.1, 0.15) is 16.0 Å². The second-order valence-electron chi connectivity index (χ2n) is 4.78. The van der Waals surface area contributed by atoms with Crippen LogP contribution < -0.4 is 5.73 Å². The number of anilines is 1. The van der Waals surface area contributed by atoms with Gasteiger partial charge >= 0.3 is 0 Å². The number of hydrogen-bond donors (Lipinski definition) is 1.